The average Bonchev–Trinajstić information content (AvgIpc) is 3.03. The van der Waals surface area contributed by atoms with E-state index in [1.165, 1.54) is 5.69 Å². The summed E-state index contributed by atoms with van der Waals surface area (Å²) in [4.78, 5) is 4.82. The van der Waals surface area contributed by atoms with Gasteiger partial charge in [0.05, 0.1) is 6.54 Å². The largest absolute Gasteiger partial charge is 0.371 e. The lowest BCUT2D eigenvalue weighted by Crippen LogP contribution is -2.43. The topological polar surface area (TPSA) is 50.1 Å². The Kier molecular flexibility index (Phi) is 5.68. The number of anilines is 1. The second kappa shape index (κ2) is 7.94. The molecule has 7 heteroatoms. The van der Waals surface area contributed by atoms with E-state index in [9.17, 15) is 0 Å². The number of aryl methyl sites for hydroxylation is 1. The monoisotopic (exact) mass is 348 g/mol. The minimum atomic E-state index is 0.570. The molecule has 1 saturated heterocycles. The van der Waals surface area contributed by atoms with Crippen molar-refractivity contribution in [1.82, 2.24) is 25.1 Å². The fourth-order valence-electron chi connectivity index (χ4n) is 3.29. The van der Waals surface area contributed by atoms with Gasteiger partial charge in [-0.3, -0.25) is 4.90 Å². The highest BCUT2D eigenvalue weighted by atomic mass is 35.5. The average molecular weight is 349 g/mol. The Morgan fingerprint density at radius 3 is 2.58 bits per heavy atom. The zero-order valence-electron chi connectivity index (χ0n) is 14.4. The van der Waals surface area contributed by atoms with Crippen LogP contribution in [0.2, 0.25) is 5.02 Å². The van der Waals surface area contributed by atoms with Crippen molar-refractivity contribution in [3.63, 3.8) is 0 Å². The maximum atomic E-state index is 5.97. The predicted octanol–water partition coefficient (Wildman–Crippen LogP) is 2.84. The van der Waals surface area contributed by atoms with E-state index < -0.39 is 0 Å². The summed E-state index contributed by atoms with van der Waals surface area (Å²) in [6.07, 6.45) is 3.34. The van der Waals surface area contributed by atoms with E-state index in [1.54, 1.807) is 0 Å². The Balaban J connectivity index is 1.54. The zero-order valence-corrected chi connectivity index (χ0v) is 15.2. The molecule has 6 nitrogen and oxygen atoms in total. The Hall–Kier alpha value is -1.66. The van der Waals surface area contributed by atoms with Crippen molar-refractivity contribution in [3.8, 4) is 0 Å². The number of halogens is 1. The fraction of sp³-hybridized carbons (Fsp3) is 0.588. The number of hydrogen-bond acceptors (Lipinski definition) is 5. The molecule has 0 bridgehead atoms. The van der Waals surface area contributed by atoms with Crippen molar-refractivity contribution in [2.75, 3.05) is 25.0 Å². The van der Waals surface area contributed by atoms with E-state index in [0.717, 1.165) is 56.3 Å². The number of benzene rings is 1. The molecular formula is C17H25ClN6. The third kappa shape index (κ3) is 4.05. The number of nitrogens with zero attached hydrogens (tertiary/aromatic N) is 6. The third-order valence-electron chi connectivity index (χ3n) is 4.71. The Labute approximate surface area is 148 Å². The molecule has 0 atom stereocenters. The molecule has 24 heavy (non-hydrogen) atoms. The van der Waals surface area contributed by atoms with Gasteiger partial charge >= 0.3 is 0 Å². The normalized spacial score (nSPS) is 16.1. The second-order valence-electron chi connectivity index (χ2n) is 6.43. The van der Waals surface area contributed by atoms with Crippen molar-refractivity contribution < 1.29 is 0 Å². The number of aromatic nitrogens is 4. The number of piperidine rings is 1. The van der Waals surface area contributed by atoms with E-state index in [1.807, 2.05) is 16.8 Å². The summed E-state index contributed by atoms with van der Waals surface area (Å²) < 4.78 is 1.92. The molecular weight excluding hydrogens is 324 g/mol. The van der Waals surface area contributed by atoms with Gasteiger partial charge in [0, 0.05) is 36.4 Å². The van der Waals surface area contributed by atoms with E-state index >= 15 is 0 Å². The van der Waals surface area contributed by atoms with Gasteiger partial charge in [-0.15, -0.1) is 5.10 Å². The molecule has 1 fully saturated rings. The first kappa shape index (κ1) is 17.2. The van der Waals surface area contributed by atoms with Crippen molar-refractivity contribution in [3.05, 3.63) is 35.1 Å². The Bertz CT molecular complexity index is 633. The molecule has 1 aliphatic rings. The molecule has 1 aromatic heterocycles. The molecule has 0 radical (unpaired) electrons. The maximum Gasteiger partial charge on any atom is 0.165 e. The maximum absolute atomic E-state index is 5.97. The highest BCUT2D eigenvalue weighted by molar-refractivity contribution is 6.30. The molecule has 0 spiro atoms. The highest BCUT2D eigenvalue weighted by Crippen LogP contribution is 2.24. The van der Waals surface area contributed by atoms with Crippen LogP contribution in [0.5, 0.6) is 0 Å². The standard InChI is InChI=1S/C17H25ClN6/c1-3-10-24-17(19-20-21-24)13-22(2)15-8-11-23(12-9-15)16-6-4-14(18)5-7-16/h4-7,15H,3,8-13H2,1-2H3. The van der Waals surface area contributed by atoms with Crippen molar-refractivity contribution >= 4 is 17.3 Å². The summed E-state index contributed by atoms with van der Waals surface area (Å²) in [5.41, 5.74) is 1.26. The number of hydrogen-bond donors (Lipinski definition) is 0. The lowest BCUT2D eigenvalue weighted by molar-refractivity contribution is 0.192. The zero-order chi connectivity index (χ0) is 16.9. The van der Waals surface area contributed by atoms with Gasteiger partial charge in [0.2, 0.25) is 0 Å². The van der Waals surface area contributed by atoms with Crippen molar-refractivity contribution in [2.45, 2.75) is 45.3 Å². The van der Waals surface area contributed by atoms with Gasteiger partial charge in [-0.25, -0.2) is 4.68 Å². The van der Waals surface area contributed by atoms with Crippen LogP contribution in [0, 0.1) is 0 Å². The quantitative estimate of drug-likeness (QED) is 0.803. The van der Waals surface area contributed by atoms with Crippen LogP contribution >= 0.6 is 11.6 Å². The molecule has 0 unspecified atom stereocenters. The molecule has 0 aliphatic carbocycles. The van der Waals surface area contributed by atoms with Crippen molar-refractivity contribution in [2.24, 2.45) is 0 Å². The number of tetrazole rings is 1. The van der Waals surface area contributed by atoms with Gasteiger partial charge in [-0.1, -0.05) is 18.5 Å². The molecule has 1 aromatic carbocycles. The van der Waals surface area contributed by atoms with Crippen molar-refractivity contribution in [1.29, 1.82) is 0 Å². The summed E-state index contributed by atoms with van der Waals surface area (Å²) in [7, 11) is 2.17. The van der Waals surface area contributed by atoms with Crippen LogP contribution in [0.1, 0.15) is 32.0 Å². The summed E-state index contributed by atoms with van der Waals surface area (Å²) in [5.74, 6) is 0.958. The van der Waals surface area contributed by atoms with Crippen LogP contribution in [0.15, 0.2) is 24.3 Å². The Morgan fingerprint density at radius 2 is 1.92 bits per heavy atom. The Morgan fingerprint density at radius 1 is 1.21 bits per heavy atom. The van der Waals surface area contributed by atoms with Crippen LogP contribution in [-0.2, 0) is 13.1 Å². The fourth-order valence-corrected chi connectivity index (χ4v) is 3.42. The van der Waals surface area contributed by atoms with Gasteiger partial charge in [0.15, 0.2) is 5.82 Å². The smallest absolute Gasteiger partial charge is 0.165 e. The van der Waals surface area contributed by atoms with E-state index in [4.69, 9.17) is 11.6 Å². The van der Waals surface area contributed by atoms with Gasteiger partial charge in [0.25, 0.3) is 0 Å². The van der Waals surface area contributed by atoms with Gasteiger partial charge in [-0.2, -0.15) is 0 Å². The first-order chi connectivity index (χ1) is 11.7. The summed E-state index contributed by atoms with van der Waals surface area (Å²) in [5, 5.41) is 12.9. The van der Waals surface area contributed by atoms with Gasteiger partial charge in [-0.05, 0) is 61.0 Å². The highest BCUT2D eigenvalue weighted by Gasteiger charge is 2.23. The lowest BCUT2D eigenvalue weighted by Gasteiger charge is -2.37. The molecule has 3 rings (SSSR count). The van der Waals surface area contributed by atoms with E-state index in [-0.39, 0.29) is 0 Å². The summed E-state index contributed by atoms with van der Waals surface area (Å²) >= 11 is 5.97. The van der Waals surface area contributed by atoms with Crippen LogP contribution in [0.25, 0.3) is 0 Å². The van der Waals surface area contributed by atoms with E-state index in [0.29, 0.717) is 6.04 Å². The first-order valence-corrected chi connectivity index (χ1v) is 9.01. The molecule has 2 heterocycles. The van der Waals surface area contributed by atoms with Crippen LogP contribution < -0.4 is 4.90 Å². The molecule has 1 aliphatic heterocycles. The van der Waals surface area contributed by atoms with Crippen LogP contribution in [0.3, 0.4) is 0 Å². The minimum Gasteiger partial charge on any atom is -0.371 e. The third-order valence-corrected chi connectivity index (χ3v) is 4.96. The van der Waals surface area contributed by atoms with E-state index in [2.05, 4.69) is 51.4 Å². The molecule has 0 saturated carbocycles. The molecule has 130 valence electrons. The second-order valence-corrected chi connectivity index (χ2v) is 6.86. The predicted molar refractivity (Wildman–Crippen MR) is 96.3 cm³/mol. The molecule has 0 amide bonds. The minimum absolute atomic E-state index is 0.570. The van der Waals surface area contributed by atoms with Crippen LogP contribution in [-0.4, -0.2) is 51.3 Å². The molecule has 2 aromatic rings. The van der Waals surface area contributed by atoms with Gasteiger partial charge in [0.1, 0.15) is 0 Å². The van der Waals surface area contributed by atoms with Gasteiger partial charge < -0.3 is 4.90 Å². The molecule has 0 N–H and O–H groups in total. The summed E-state index contributed by atoms with van der Waals surface area (Å²) in [6, 6.07) is 8.70. The first-order valence-electron chi connectivity index (χ1n) is 8.63. The number of rotatable bonds is 6. The SMILES string of the molecule is CCCn1nnnc1CN(C)C1CCN(c2ccc(Cl)cc2)CC1. The summed E-state index contributed by atoms with van der Waals surface area (Å²) in [6.45, 7) is 5.96. The van der Waals surface area contributed by atoms with Crippen LogP contribution in [0.4, 0.5) is 5.69 Å². The lowest BCUT2D eigenvalue weighted by atomic mass is 10.0.